The van der Waals surface area contributed by atoms with Gasteiger partial charge in [-0.2, -0.15) is 0 Å². The van der Waals surface area contributed by atoms with Crippen LogP contribution in [-0.4, -0.2) is 62.7 Å². The molecular formula is C27H35N3O4. The maximum atomic E-state index is 13.2. The SMILES string of the molecule is CCCCCCOc1ccc(N2C(=O)C[C@H](N3CCN(c4ccccc4OC)CC3)C2=O)cc1. The fraction of sp³-hybridized carbons (Fsp3) is 0.481. The zero-order chi connectivity index (χ0) is 23.9. The summed E-state index contributed by atoms with van der Waals surface area (Å²) in [6.45, 7) is 5.88. The van der Waals surface area contributed by atoms with Crippen molar-refractivity contribution < 1.29 is 19.1 Å². The number of anilines is 2. The molecule has 2 saturated heterocycles. The molecule has 2 aromatic rings. The van der Waals surface area contributed by atoms with Gasteiger partial charge < -0.3 is 14.4 Å². The van der Waals surface area contributed by atoms with Crippen LogP contribution in [0, 0.1) is 0 Å². The maximum Gasteiger partial charge on any atom is 0.251 e. The van der Waals surface area contributed by atoms with Crippen molar-refractivity contribution in [2.45, 2.75) is 45.1 Å². The highest BCUT2D eigenvalue weighted by atomic mass is 16.5. The van der Waals surface area contributed by atoms with Gasteiger partial charge in [0.25, 0.3) is 5.91 Å². The van der Waals surface area contributed by atoms with Crippen LogP contribution in [0.1, 0.15) is 39.0 Å². The molecule has 1 atom stereocenters. The van der Waals surface area contributed by atoms with Crippen LogP contribution < -0.4 is 19.3 Å². The molecule has 0 unspecified atom stereocenters. The molecule has 34 heavy (non-hydrogen) atoms. The molecule has 0 aliphatic carbocycles. The van der Waals surface area contributed by atoms with Crippen LogP contribution in [0.3, 0.4) is 0 Å². The van der Waals surface area contributed by atoms with Gasteiger partial charge in [-0.05, 0) is 42.8 Å². The Bertz CT molecular complexity index is 970. The van der Waals surface area contributed by atoms with Crippen LogP contribution in [0.25, 0.3) is 0 Å². The Labute approximate surface area is 202 Å². The van der Waals surface area contributed by atoms with Crippen molar-refractivity contribution in [3.05, 3.63) is 48.5 Å². The summed E-state index contributed by atoms with van der Waals surface area (Å²) in [5.74, 6) is 1.34. The first kappa shape index (κ1) is 24.1. The van der Waals surface area contributed by atoms with E-state index < -0.39 is 6.04 Å². The summed E-state index contributed by atoms with van der Waals surface area (Å²) in [7, 11) is 1.68. The van der Waals surface area contributed by atoms with Gasteiger partial charge in [-0.15, -0.1) is 0 Å². The normalized spacial score (nSPS) is 19.1. The number of ether oxygens (including phenoxy) is 2. The number of piperazine rings is 1. The molecule has 0 saturated carbocycles. The molecule has 0 radical (unpaired) electrons. The van der Waals surface area contributed by atoms with E-state index in [1.165, 1.54) is 24.2 Å². The van der Waals surface area contributed by atoms with Crippen LogP contribution in [-0.2, 0) is 9.59 Å². The van der Waals surface area contributed by atoms with Crippen molar-refractivity contribution in [1.82, 2.24) is 4.90 Å². The molecule has 0 N–H and O–H groups in total. The summed E-state index contributed by atoms with van der Waals surface area (Å²) < 4.78 is 11.3. The van der Waals surface area contributed by atoms with Gasteiger partial charge in [0.05, 0.1) is 37.6 Å². The Morgan fingerprint density at radius 2 is 1.65 bits per heavy atom. The Hall–Kier alpha value is -3.06. The van der Waals surface area contributed by atoms with Crippen molar-refractivity contribution in [1.29, 1.82) is 0 Å². The van der Waals surface area contributed by atoms with Crippen molar-refractivity contribution in [2.75, 3.05) is 49.7 Å². The van der Waals surface area contributed by atoms with Gasteiger partial charge >= 0.3 is 0 Å². The summed E-state index contributed by atoms with van der Waals surface area (Å²) >= 11 is 0. The monoisotopic (exact) mass is 465 g/mol. The predicted molar refractivity (Wildman–Crippen MR) is 134 cm³/mol. The minimum atomic E-state index is -0.401. The highest BCUT2D eigenvalue weighted by Crippen LogP contribution is 2.31. The molecule has 182 valence electrons. The summed E-state index contributed by atoms with van der Waals surface area (Å²) in [6, 6.07) is 14.9. The van der Waals surface area contributed by atoms with Gasteiger partial charge in [0, 0.05) is 26.2 Å². The first-order valence-corrected chi connectivity index (χ1v) is 12.3. The Morgan fingerprint density at radius 3 is 2.35 bits per heavy atom. The van der Waals surface area contributed by atoms with E-state index in [-0.39, 0.29) is 18.2 Å². The molecule has 0 spiro atoms. The summed E-state index contributed by atoms with van der Waals surface area (Å²) in [6.07, 6.45) is 4.84. The molecule has 2 aliphatic heterocycles. The largest absolute Gasteiger partial charge is 0.495 e. The number of nitrogens with zero attached hydrogens (tertiary/aromatic N) is 3. The Balaban J connectivity index is 1.33. The molecule has 0 bridgehead atoms. The number of para-hydroxylation sites is 2. The van der Waals surface area contributed by atoms with Gasteiger partial charge in [-0.1, -0.05) is 38.3 Å². The number of imide groups is 1. The average Bonchev–Trinajstić information content (AvgIpc) is 3.18. The number of unbranched alkanes of at least 4 members (excludes halogenated alkanes) is 3. The third-order valence-electron chi connectivity index (χ3n) is 6.67. The number of rotatable bonds is 10. The van der Waals surface area contributed by atoms with E-state index in [9.17, 15) is 9.59 Å². The van der Waals surface area contributed by atoms with Gasteiger partial charge in [0.15, 0.2) is 0 Å². The molecule has 2 amide bonds. The molecule has 2 aliphatic rings. The molecule has 2 heterocycles. The highest BCUT2D eigenvalue weighted by Gasteiger charge is 2.43. The lowest BCUT2D eigenvalue weighted by atomic mass is 10.1. The van der Waals surface area contributed by atoms with E-state index in [2.05, 4.69) is 22.8 Å². The zero-order valence-corrected chi connectivity index (χ0v) is 20.2. The molecule has 7 heteroatoms. The number of carbonyl (C=O) groups is 2. The minimum absolute atomic E-state index is 0.135. The van der Waals surface area contributed by atoms with Crippen molar-refractivity contribution >= 4 is 23.2 Å². The zero-order valence-electron chi connectivity index (χ0n) is 20.2. The number of methoxy groups -OCH3 is 1. The fourth-order valence-corrected chi connectivity index (χ4v) is 4.75. The lowest BCUT2D eigenvalue weighted by Crippen LogP contribution is -2.52. The molecule has 4 rings (SSSR count). The number of hydrogen-bond acceptors (Lipinski definition) is 6. The maximum absolute atomic E-state index is 13.2. The van der Waals surface area contributed by atoms with E-state index in [0.29, 0.717) is 12.3 Å². The fourth-order valence-electron chi connectivity index (χ4n) is 4.75. The second-order valence-corrected chi connectivity index (χ2v) is 8.89. The Kier molecular flexibility index (Phi) is 8.06. The van der Waals surface area contributed by atoms with Crippen LogP contribution in [0.2, 0.25) is 0 Å². The van der Waals surface area contributed by atoms with E-state index in [1.807, 2.05) is 30.3 Å². The van der Waals surface area contributed by atoms with Crippen LogP contribution >= 0.6 is 0 Å². The topological polar surface area (TPSA) is 62.3 Å². The Morgan fingerprint density at radius 1 is 0.912 bits per heavy atom. The van der Waals surface area contributed by atoms with Gasteiger partial charge in [0.1, 0.15) is 11.5 Å². The third-order valence-corrected chi connectivity index (χ3v) is 6.67. The van der Waals surface area contributed by atoms with Gasteiger partial charge in [-0.25, -0.2) is 4.90 Å². The summed E-state index contributed by atoms with van der Waals surface area (Å²) in [5.41, 5.74) is 1.68. The second-order valence-electron chi connectivity index (χ2n) is 8.89. The predicted octanol–water partition coefficient (Wildman–Crippen LogP) is 4.11. The number of hydrogen-bond donors (Lipinski definition) is 0. The first-order valence-electron chi connectivity index (χ1n) is 12.3. The van der Waals surface area contributed by atoms with E-state index in [1.54, 1.807) is 19.2 Å². The van der Waals surface area contributed by atoms with Crippen molar-refractivity contribution in [3.8, 4) is 11.5 Å². The molecule has 0 aromatic heterocycles. The van der Waals surface area contributed by atoms with Crippen molar-refractivity contribution in [3.63, 3.8) is 0 Å². The van der Waals surface area contributed by atoms with Crippen LogP contribution in [0.5, 0.6) is 11.5 Å². The molecule has 7 nitrogen and oxygen atoms in total. The quantitative estimate of drug-likeness (QED) is 0.389. The van der Waals surface area contributed by atoms with Gasteiger partial charge in [-0.3, -0.25) is 14.5 Å². The van der Waals surface area contributed by atoms with E-state index in [4.69, 9.17) is 9.47 Å². The van der Waals surface area contributed by atoms with Crippen molar-refractivity contribution in [2.24, 2.45) is 0 Å². The first-order chi connectivity index (χ1) is 16.6. The second kappa shape index (κ2) is 11.4. The molecule has 2 aromatic carbocycles. The summed E-state index contributed by atoms with van der Waals surface area (Å²) in [4.78, 5) is 31.8. The number of amides is 2. The smallest absolute Gasteiger partial charge is 0.251 e. The third kappa shape index (κ3) is 5.36. The minimum Gasteiger partial charge on any atom is -0.495 e. The van der Waals surface area contributed by atoms with E-state index >= 15 is 0 Å². The average molecular weight is 466 g/mol. The highest BCUT2D eigenvalue weighted by molar-refractivity contribution is 6.22. The van der Waals surface area contributed by atoms with Crippen LogP contribution in [0.15, 0.2) is 48.5 Å². The standard InChI is InChI=1S/C27H35N3O4/c1-3-4-5-8-19-34-22-13-11-21(12-14-22)30-26(31)20-24(27(30)32)29-17-15-28(16-18-29)23-9-6-7-10-25(23)33-2/h6-7,9-14,24H,3-5,8,15-20H2,1-2H3/t24-/m0/s1. The molecular weight excluding hydrogens is 430 g/mol. The lowest BCUT2D eigenvalue weighted by Gasteiger charge is -2.38. The summed E-state index contributed by atoms with van der Waals surface area (Å²) in [5, 5.41) is 0. The van der Waals surface area contributed by atoms with Gasteiger partial charge in [0.2, 0.25) is 5.91 Å². The number of carbonyl (C=O) groups excluding carboxylic acids is 2. The lowest BCUT2D eigenvalue weighted by molar-refractivity contribution is -0.123. The van der Waals surface area contributed by atoms with E-state index in [0.717, 1.165) is 49.8 Å². The molecule has 2 fully saturated rings. The number of benzene rings is 2. The van der Waals surface area contributed by atoms with Crippen LogP contribution in [0.4, 0.5) is 11.4 Å².